The number of ether oxygens (including phenoxy) is 1. The molecular weight excluding hydrogens is 292 g/mol. The lowest BCUT2D eigenvalue weighted by molar-refractivity contribution is -0.121. The molecule has 6 nitrogen and oxygen atoms in total. The lowest BCUT2D eigenvalue weighted by atomic mass is 10.2. The summed E-state index contributed by atoms with van der Waals surface area (Å²) in [6.07, 6.45) is 0.805. The summed E-state index contributed by atoms with van der Waals surface area (Å²) in [5.74, 6) is 0.311. The Hall–Kier alpha value is -1.60. The molecule has 21 heavy (non-hydrogen) atoms. The molecule has 0 aliphatic carbocycles. The van der Waals surface area contributed by atoms with Gasteiger partial charge >= 0.3 is 0 Å². The molecule has 1 amide bonds. The van der Waals surface area contributed by atoms with Gasteiger partial charge in [0.2, 0.25) is 15.9 Å². The fraction of sp³-hybridized carbons (Fsp3) is 0.500. The van der Waals surface area contributed by atoms with Gasteiger partial charge in [0.25, 0.3) is 0 Å². The first-order valence-corrected chi connectivity index (χ1v) is 8.14. The third-order valence-corrected chi connectivity index (χ3v) is 4.81. The molecule has 0 fully saturated rings. The Kier molecular flexibility index (Phi) is 6.17. The number of likely N-dealkylation sites (N-methyl/N-ethyl adjacent to an activating group) is 1. The van der Waals surface area contributed by atoms with Gasteiger partial charge in [-0.3, -0.25) is 4.79 Å². The summed E-state index contributed by atoms with van der Waals surface area (Å²) in [5.41, 5.74) is 0.724. The molecular formula is C14H22N2O4S. The van der Waals surface area contributed by atoms with Gasteiger partial charge in [-0.25, -0.2) is 8.42 Å². The molecule has 0 unspecified atom stereocenters. The fourth-order valence-corrected chi connectivity index (χ4v) is 3.01. The van der Waals surface area contributed by atoms with Crippen molar-refractivity contribution < 1.29 is 17.9 Å². The van der Waals surface area contributed by atoms with Crippen LogP contribution in [0.15, 0.2) is 23.1 Å². The molecule has 118 valence electrons. The standard InChI is InChI=1S/C14H22N2O4S/c1-5-8-15-14(17)10-16(3)21(18,19)12-6-7-13(20-4)11(2)9-12/h6-7,9H,5,8,10H2,1-4H3,(H,15,17). The normalized spacial score (nSPS) is 11.5. The van der Waals surface area contributed by atoms with Crippen molar-refractivity contribution in [2.45, 2.75) is 25.2 Å². The van der Waals surface area contributed by atoms with Crippen molar-refractivity contribution in [2.75, 3.05) is 27.2 Å². The Morgan fingerprint density at radius 1 is 1.38 bits per heavy atom. The van der Waals surface area contributed by atoms with E-state index in [9.17, 15) is 13.2 Å². The minimum atomic E-state index is -3.69. The minimum Gasteiger partial charge on any atom is -0.496 e. The van der Waals surface area contributed by atoms with Crippen LogP contribution in [0.3, 0.4) is 0 Å². The number of nitrogens with zero attached hydrogens (tertiary/aromatic N) is 1. The molecule has 1 aromatic carbocycles. The van der Waals surface area contributed by atoms with E-state index in [1.165, 1.54) is 26.3 Å². The van der Waals surface area contributed by atoms with Gasteiger partial charge in [0.1, 0.15) is 5.75 Å². The van der Waals surface area contributed by atoms with E-state index in [4.69, 9.17) is 4.74 Å². The van der Waals surface area contributed by atoms with Crippen molar-refractivity contribution in [2.24, 2.45) is 0 Å². The highest BCUT2D eigenvalue weighted by atomic mass is 32.2. The van der Waals surface area contributed by atoms with E-state index in [-0.39, 0.29) is 17.3 Å². The Balaban J connectivity index is 2.89. The van der Waals surface area contributed by atoms with Crippen LogP contribution < -0.4 is 10.1 Å². The zero-order valence-electron chi connectivity index (χ0n) is 12.8. The van der Waals surface area contributed by atoms with E-state index in [0.717, 1.165) is 16.3 Å². The summed E-state index contributed by atoms with van der Waals surface area (Å²) in [6, 6.07) is 4.61. The summed E-state index contributed by atoms with van der Waals surface area (Å²) in [5, 5.41) is 2.65. The first-order chi connectivity index (χ1) is 9.82. The maximum atomic E-state index is 12.4. The van der Waals surface area contributed by atoms with Gasteiger partial charge in [-0.05, 0) is 37.1 Å². The predicted octanol–water partition coefficient (Wildman–Crippen LogP) is 1.15. The van der Waals surface area contributed by atoms with Gasteiger partial charge in [0, 0.05) is 13.6 Å². The number of sulfonamides is 1. The molecule has 0 saturated carbocycles. The van der Waals surface area contributed by atoms with Crippen molar-refractivity contribution in [3.8, 4) is 5.75 Å². The Morgan fingerprint density at radius 3 is 2.57 bits per heavy atom. The van der Waals surface area contributed by atoms with Gasteiger partial charge in [-0.2, -0.15) is 4.31 Å². The van der Waals surface area contributed by atoms with Crippen LogP contribution >= 0.6 is 0 Å². The Bertz CT molecular complexity index is 599. The molecule has 7 heteroatoms. The average molecular weight is 314 g/mol. The molecule has 0 heterocycles. The summed E-state index contributed by atoms with van der Waals surface area (Å²) >= 11 is 0. The van der Waals surface area contributed by atoms with Crippen molar-refractivity contribution in [1.29, 1.82) is 0 Å². The minimum absolute atomic E-state index is 0.145. The first kappa shape index (κ1) is 17.5. The molecule has 1 N–H and O–H groups in total. The van der Waals surface area contributed by atoms with Crippen LogP contribution in [0.2, 0.25) is 0 Å². The molecule has 0 atom stereocenters. The van der Waals surface area contributed by atoms with Crippen LogP contribution in [0, 0.1) is 6.92 Å². The van der Waals surface area contributed by atoms with Gasteiger partial charge in [-0.15, -0.1) is 0 Å². The molecule has 0 aliphatic rings. The monoisotopic (exact) mass is 314 g/mol. The van der Waals surface area contributed by atoms with E-state index < -0.39 is 10.0 Å². The molecule has 0 aromatic heterocycles. The van der Waals surface area contributed by atoms with E-state index >= 15 is 0 Å². The van der Waals surface area contributed by atoms with Gasteiger partial charge in [0.05, 0.1) is 18.6 Å². The lowest BCUT2D eigenvalue weighted by Gasteiger charge is -2.17. The van der Waals surface area contributed by atoms with Crippen molar-refractivity contribution in [3.63, 3.8) is 0 Å². The Labute approximate surface area is 126 Å². The van der Waals surface area contributed by atoms with Crippen molar-refractivity contribution in [1.82, 2.24) is 9.62 Å². The number of rotatable bonds is 7. The smallest absolute Gasteiger partial charge is 0.243 e. The number of aryl methyl sites for hydroxylation is 1. The second kappa shape index (κ2) is 7.42. The number of hydrogen-bond donors (Lipinski definition) is 1. The quantitative estimate of drug-likeness (QED) is 0.819. The second-order valence-electron chi connectivity index (χ2n) is 4.74. The van der Waals surface area contributed by atoms with Gasteiger partial charge in [-0.1, -0.05) is 6.92 Å². The van der Waals surface area contributed by atoms with E-state index in [2.05, 4.69) is 5.32 Å². The molecule has 0 spiro atoms. The lowest BCUT2D eigenvalue weighted by Crippen LogP contribution is -2.38. The summed E-state index contributed by atoms with van der Waals surface area (Å²) in [7, 11) is -0.772. The molecule has 0 bridgehead atoms. The molecule has 0 aliphatic heterocycles. The SMILES string of the molecule is CCCNC(=O)CN(C)S(=O)(=O)c1ccc(OC)c(C)c1. The number of hydrogen-bond acceptors (Lipinski definition) is 4. The number of amides is 1. The van der Waals surface area contributed by atoms with Gasteiger partial charge < -0.3 is 10.1 Å². The van der Waals surface area contributed by atoms with Crippen molar-refractivity contribution >= 4 is 15.9 Å². The highest BCUT2D eigenvalue weighted by Gasteiger charge is 2.23. The summed E-state index contributed by atoms with van der Waals surface area (Å²) in [4.78, 5) is 11.8. The predicted molar refractivity (Wildman–Crippen MR) is 80.8 cm³/mol. The second-order valence-corrected chi connectivity index (χ2v) is 6.79. The number of carbonyl (C=O) groups is 1. The number of methoxy groups -OCH3 is 1. The van der Waals surface area contributed by atoms with Crippen LogP contribution in [-0.2, 0) is 14.8 Å². The largest absolute Gasteiger partial charge is 0.496 e. The number of carbonyl (C=O) groups excluding carboxylic acids is 1. The fourth-order valence-electron chi connectivity index (χ4n) is 1.80. The number of nitrogens with one attached hydrogen (secondary N) is 1. The third kappa shape index (κ3) is 4.44. The zero-order chi connectivity index (χ0) is 16.0. The molecule has 1 aromatic rings. The molecule has 0 radical (unpaired) electrons. The Morgan fingerprint density at radius 2 is 2.05 bits per heavy atom. The van der Waals surface area contributed by atoms with Crippen LogP contribution in [-0.4, -0.2) is 45.9 Å². The van der Waals surface area contributed by atoms with E-state index in [1.54, 1.807) is 13.0 Å². The number of benzene rings is 1. The maximum absolute atomic E-state index is 12.4. The highest BCUT2D eigenvalue weighted by molar-refractivity contribution is 7.89. The van der Waals surface area contributed by atoms with Crippen LogP contribution in [0.25, 0.3) is 0 Å². The molecule has 0 saturated heterocycles. The van der Waals surface area contributed by atoms with Gasteiger partial charge in [0.15, 0.2) is 0 Å². The third-order valence-electron chi connectivity index (χ3n) is 3.01. The molecule has 1 rings (SSSR count). The zero-order valence-corrected chi connectivity index (χ0v) is 13.7. The topological polar surface area (TPSA) is 75.7 Å². The summed E-state index contributed by atoms with van der Waals surface area (Å²) < 4.78 is 30.9. The van der Waals surface area contributed by atoms with Crippen LogP contribution in [0.5, 0.6) is 5.75 Å². The van der Waals surface area contributed by atoms with E-state index in [0.29, 0.717) is 12.3 Å². The highest BCUT2D eigenvalue weighted by Crippen LogP contribution is 2.23. The maximum Gasteiger partial charge on any atom is 0.243 e. The van der Waals surface area contributed by atoms with Crippen molar-refractivity contribution in [3.05, 3.63) is 23.8 Å². The van der Waals surface area contributed by atoms with E-state index in [1.807, 2.05) is 6.92 Å². The van der Waals surface area contributed by atoms with Crippen LogP contribution in [0.4, 0.5) is 0 Å². The summed E-state index contributed by atoms with van der Waals surface area (Å²) in [6.45, 7) is 4.04. The van der Waals surface area contributed by atoms with Crippen LogP contribution in [0.1, 0.15) is 18.9 Å². The first-order valence-electron chi connectivity index (χ1n) is 6.70. The average Bonchev–Trinajstić information content (AvgIpc) is 2.44.